The molecule has 0 unspecified atom stereocenters. The summed E-state index contributed by atoms with van der Waals surface area (Å²) in [4.78, 5) is 19.4. The van der Waals surface area contributed by atoms with Gasteiger partial charge < -0.3 is 15.3 Å². The van der Waals surface area contributed by atoms with Crippen molar-refractivity contribution in [1.82, 2.24) is 9.88 Å². The largest absolute Gasteiger partial charge is 0.384 e. The highest BCUT2D eigenvalue weighted by molar-refractivity contribution is 6.30. The molecule has 0 bridgehead atoms. The minimum absolute atomic E-state index is 0.0510. The molecule has 156 valence electrons. The monoisotopic (exact) mass is 415 g/mol. The van der Waals surface area contributed by atoms with E-state index in [9.17, 15) is 9.90 Å². The van der Waals surface area contributed by atoms with Crippen molar-refractivity contribution in [3.8, 4) is 0 Å². The van der Waals surface area contributed by atoms with Gasteiger partial charge >= 0.3 is 0 Å². The van der Waals surface area contributed by atoms with Crippen LogP contribution in [0, 0.1) is 11.3 Å². The Hall–Kier alpha value is -2.11. The minimum Gasteiger partial charge on any atom is -0.384 e. The fourth-order valence-corrected chi connectivity index (χ4v) is 4.23. The number of anilines is 1. The zero-order valence-corrected chi connectivity index (χ0v) is 18.3. The molecule has 6 heteroatoms. The number of aromatic nitrogens is 1. The SMILES string of the molecule is CC(C)[C@@H](Nc1cccnc1)C(=O)N1CC[C@](O)(c2ccc(Cl)cc2)C(C)(C)C1. The van der Waals surface area contributed by atoms with Gasteiger partial charge in [-0.25, -0.2) is 0 Å². The van der Waals surface area contributed by atoms with E-state index in [4.69, 9.17) is 11.6 Å². The number of aliphatic hydroxyl groups is 1. The third-order valence-corrected chi connectivity index (χ3v) is 6.25. The van der Waals surface area contributed by atoms with E-state index in [1.54, 1.807) is 24.5 Å². The van der Waals surface area contributed by atoms with Crippen molar-refractivity contribution in [2.45, 2.75) is 45.8 Å². The Kier molecular flexibility index (Phi) is 6.20. The lowest BCUT2D eigenvalue weighted by Gasteiger charge is -2.51. The van der Waals surface area contributed by atoms with Gasteiger partial charge in [0.1, 0.15) is 6.04 Å². The number of piperidine rings is 1. The van der Waals surface area contributed by atoms with Crippen molar-refractivity contribution in [3.63, 3.8) is 0 Å². The molecule has 29 heavy (non-hydrogen) atoms. The first-order valence-corrected chi connectivity index (χ1v) is 10.5. The highest BCUT2D eigenvalue weighted by Gasteiger charge is 2.50. The third kappa shape index (κ3) is 4.41. The van der Waals surface area contributed by atoms with Crippen LogP contribution >= 0.6 is 11.6 Å². The van der Waals surface area contributed by atoms with Crippen LogP contribution in [0.5, 0.6) is 0 Å². The number of rotatable bonds is 5. The van der Waals surface area contributed by atoms with Crippen molar-refractivity contribution in [3.05, 3.63) is 59.4 Å². The third-order valence-electron chi connectivity index (χ3n) is 6.00. The molecule has 1 saturated heterocycles. The van der Waals surface area contributed by atoms with Gasteiger partial charge in [-0.2, -0.15) is 0 Å². The molecule has 1 fully saturated rings. The summed E-state index contributed by atoms with van der Waals surface area (Å²) in [6.45, 7) is 9.07. The first-order valence-electron chi connectivity index (χ1n) is 10.1. The lowest BCUT2D eigenvalue weighted by Crippen LogP contribution is -2.59. The van der Waals surface area contributed by atoms with E-state index >= 15 is 0 Å². The number of nitrogens with zero attached hydrogens (tertiary/aromatic N) is 2. The van der Waals surface area contributed by atoms with Crippen LogP contribution in [0.3, 0.4) is 0 Å². The lowest BCUT2D eigenvalue weighted by molar-refractivity contribution is -0.154. The average molecular weight is 416 g/mol. The Morgan fingerprint density at radius 3 is 2.48 bits per heavy atom. The molecule has 1 amide bonds. The highest BCUT2D eigenvalue weighted by atomic mass is 35.5. The number of carbonyl (C=O) groups excluding carboxylic acids is 1. The predicted octanol–water partition coefficient (Wildman–Crippen LogP) is 4.32. The van der Waals surface area contributed by atoms with Crippen molar-refractivity contribution in [1.29, 1.82) is 0 Å². The van der Waals surface area contributed by atoms with Crippen LogP contribution in [0.1, 0.15) is 39.7 Å². The number of halogens is 1. The summed E-state index contributed by atoms with van der Waals surface area (Å²) >= 11 is 6.02. The van der Waals surface area contributed by atoms with Crippen molar-refractivity contribution >= 4 is 23.2 Å². The van der Waals surface area contributed by atoms with Gasteiger partial charge in [0.05, 0.1) is 11.3 Å². The highest BCUT2D eigenvalue weighted by Crippen LogP contribution is 2.46. The molecule has 1 aliphatic rings. The number of amides is 1. The molecule has 0 saturated carbocycles. The summed E-state index contributed by atoms with van der Waals surface area (Å²) in [6, 6.07) is 10.8. The number of pyridine rings is 1. The lowest BCUT2D eigenvalue weighted by atomic mass is 9.66. The number of likely N-dealkylation sites (tertiary alicyclic amines) is 1. The van der Waals surface area contributed by atoms with Crippen LogP contribution in [0.15, 0.2) is 48.8 Å². The van der Waals surface area contributed by atoms with Crippen LogP contribution in [-0.2, 0) is 10.4 Å². The number of benzene rings is 1. The summed E-state index contributed by atoms with van der Waals surface area (Å²) in [5.41, 5.74) is 0.143. The standard InChI is InChI=1S/C23H30ClN3O2/c1-16(2)20(26-19-6-5-12-25-14-19)21(28)27-13-11-23(29,22(3,4)15-27)17-7-9-18(24)10-8-17/h5-10,12,14,16,20,26,29H,11,13,15H2,1-4H3/t20-,23+/m1/s1. The number of hydrogen-bond donors (Lipinski definition) is 2. The Balaban J connectivity index is 1.78. The van der Waals surface area contributed by atoms with Gasteiger partial charge in [0.2, 0.25) is 5.91 Å². The molecule has 2 atom stereocenters. The zero-order valence-electron chi connectivity index (χ0n) is 17.5. The molecule has 2 heterocycles. The van der Waals surface area contributed by atoms with E-state index in [1.165, 1.54) is 0 Å². The van der Waals surface area contributed by atoms with Crippen molar-refractivity contribution in [2.24, 2.45) is 11.3 Å². The molecule has 1 aliphatic heterocycles. The van der Waals surface area contributed by atoms with Crippen molar-refractivity contribution in [2.75, 3.05) is 18.4 Å². The van der Waals surface area contributed by atoms with Gasteiger partial charge in [-0.15, -0.1) is 0 Å². The van der Waals surface area contributed by atoms with E-state index < -0.39 is 11.0 Å². The van der Waals surface area contributed by atoms with Crippen LogP contribution in [0.2, 0.25) is 5.02 Å². The molecule has 0 spiro atoms. The quantitative estimate of drug-likeness (QED) is 0.763. The van der Waals surface area contributed by atoms with Gasteiger partial charge in [-0.3, -0.25) is 9.78 Å². The molecular formula is C23H30ClN3O2. The summed E-state index contributed by atoms with van der Waals surface area (Å²) < 4.78 is 0. The van der Waals surface area contributed by atoms with Gasteiger partial charge in [0.15, 0.2) is 0 Å². The molecular weight excluding hydrogens is 386 g/mol. The molecule has 1 aromatic heterocycles. The van der Waals surface area contributed by atoms with Gasteiger partial charge in [0.25, 0.3) is 0 Å². The first-order chi connectivity index (χ1) is 13.6. The minimum atomic E-state index is -1.02. The maximum atomic E-state index is 13.4. The normalized spacial score (nSPS) is 22.4. The predicted molar refractivity (Wildman–Crippen MR) is 117 cm³/mol. The number of nitrogens with one attached hydrogen (secondary N) is 1. The average Bonchev–Trinajstić information content (AvgIpc) is 2.68. The van der Waals surface area contributed by atoms with Crippen LogP contribution in [0.25, 0.3) is 0 Å². The molecule has 5 nitrogen and oxygen atoms in total. The van der Waals surface area contributed by atoms with Crippen LogP contribution in [-0.4, -0.2) is 40.0 Å². The zero-order chi connectivity index (χ0) is 21.2. The molecule has 2 N–H and O–H groups in total. The van der Waals surface area contributed by atoms with E-state index in [2.05, 4.69) is 10.3 Å². The fourth-order valence-electron chi connectivity index (χ4n) is 4.11. The summed E-state index contributed by atoms with van der Waals surface area (Å²) in [7, 11) is 0. The second-order valence-corrected chi connectivity index (χ2v) is 9.31. The van der Waals surface area contributed by atoms with E-state index in [1.807, 2.05) is 56.9 Å². The van der Waals surface area contributed by atoms with Crippen molar-refractivity contribution < 1.29 is 9.90 Å². The molecule has 0 radical (unpaired) electrons. The topological polar surface area (TPSA) is 65.5 Å². The smallest absolute Gasteiger partial charge is 0.245 e. The van der Waals surface area contributed by atoms with Crippen LogP contribution < -0.4 is 5.32 Å². The first kappa shape index (κ1) is 21.6. The number of hydrogen-bond acceptors (Lipinski definition) is 4. The fraction of sp³-hybridized carbons (Fsp3) is 0.478. The number of carbonyl (C=O) groups is 1. The molecule has 1 aromatic carbocycles. The van der Waals surface area contributed by atoms with E-state index in [0.717, 1.165) is 11.3 Å². The van der Waals surface area contributed by atoms with Gasteiger partial charge in [0, 0.05) is 35.9 Å². The Bertz CT molecular complexity index is 839. The van der Waals surface area contributed by atoms with Crippen LogP contribution in [0.4, 0.5) is 5.69 Å². The Labute approximate surface area is 178 Å². The maximum absolute atomic E-state index is 13.4. The van der Waals surface area contributed by atoms with E-state index in [0.29, 0.717) is 24.5 Å². The summed E-state index contributed by atoms with van der Waals surface area (Å²) in [5, 5.41) is 15.5. The second kappa shape index (κ2) is 8.33. The summed E-state index contributed by atoms with van der Waals surface area (Å²) in [6.07, 6.45) is 3.91. The van der Waals surface area contributed by atoms with E-state index in [-0.39, 0.29) is 17.9 Å². The molecule has 3 rings (SSSR count). The molecule has 2 aromatic rings. The van der Waals surface area contributed by atoms with Gasteiger partial charge in [-0.1, -0.05) is 51.4 Å². The molecule has 0 aliphatic carbocycles. The summed E-state index contributed by atoms with van der Waals surface area (Å²) in [5.74, 6) is 0.165. The Morgan fingerprint density at radius 2 is 1.93 bits per heavy atom. The van der Waals surface area contributed by atoms with Gasteiger partial charge in [-0.05, 0) is 42.2 Å². The maximum Gasteiger partial charge on any atom is 0.245 e. The second-order valence-electron chi connectivity index (χ2n) is 8.87. The Morgan fingerprint density at radius 1 is 1.24 bits per heavy atom.